The summed E-state index contributed by atoms with van der Waals surface area (Å²) in [5, 5.41) is 9.40. The Bertz CT molecular complexity index is 766. The number of hydrogen-bond acceptors (Lipinski definition) is 5. The maximum atomic E-state index is 12.4. The fourth-order valence-corrected chi connectivity index (χ4v) is 3.21. The second-order valence-electron chi connectivity index (χ2n) is 6.53. The predicted octanol–water partition coefficient (Wildman–Crippen LogP) is 1.67. The fraction of sp³-hybridized carbons (Fsp3) is 0.500. The molecule has 0 aliphatic carbocycles. The molecule has 0 bridgehead atoms. The Labute approximate surface area is 152 Å². The highest BCUT2D eigenvalue weighted by Crippen LogP contribution is 2.29. The van der Waals surface area contributed by atoms with Gasteiger partial charge in [-0.1, -0.05) is 6.92 Å². The van der Waals surface area contributed by atoms with Gasteiger partial charge in [0.15, 0.2) is 0 Å². The highest BCUT2D eigenvalue weighted by atomic mass is 16.2. The molecule has 0 aromatic carbocycles. The maximum Gasteiger partial charge on any atom is 0.257 e. The summed E-state index contributed by atoms with van der Waals surface area (Å²) in [5.74, 6) is 0.659. The molecule has 3 rings (SSSR count). The van der Waals surface area contributed by atoms with E-state index in [0.717, 1.165) is 25.0 Å². The molecule has 26 heavy (non-hydrogen) atoms. The highest BCUT2D eigenvalue weighted by molar-refractivity contribution is 5.95. The van der Waals surface area contributed by atoms with Crippen molar-refractivity contribution in [3.8, 4) is 0 Å². The van der Waals surface area contributed by atoms with Crippen LogP contribution in [0.15, 0.2) is 18.6 Å². The lowest BCUT2D eigenvalue weighted by Crippen LogP contribution is -2.38. The van der Waals surface area contributed by atoms with E-state index in [1.807, 2.05) is 18.7 Å². The van der Waals surface area contributed by atoms with Gasteiger partial charge in [0.2, 0.25) is 0 Å². The van der Waals surface area contributed by atoms with Crippen LogP contribution in [0.5, 0.6) is 0 Å². The van der Waals surface area contributed by atoms with E-state index in [1.165, 1.54) is 0 Å². The van der Waals surface area contributed by atoms with Gasteiger partial charge in [-0.25, -0.2) is 9.97 Å². The number of aromatic amines is 1. The molecule has 0 spiro atoms. The van der Waals surface area contributed by atoms with Crippen molar-refractivity contribution >= 4 is 11.8 Å². The summed E-state index contributed by atoms with van der Waals surface area (Å²) < 4.78 is 0. The molecule has 2 N–H and O–H groups in total. The number of carbonyl (C=O) groups is 2. The standard InChI is InChI=1S/C18H24N6O2/c1-3-6-19-17(25)15-11-20-12(2)23-16(15)13-4-7-24(8-5-13)18(26)14-9-21-22-10-14/h9-11,13H,3-8H2,1-2H3,(H,19,25)(H,21,22). The Kier molecular flexibility index (Phi) is 5.60. The Morgan fingerprint density at radius 1 is 1.31 bits per heavy atom. The molecule has 1 saturated heterocycles. The van der Waals surface area contributed by atoms with Crippen molar-refractivity contribution in [2.45, 2.75) is 39.0 Å². The molecule has 1 aliphatic heterocycles. The molecule has 1 aliphatic rings. The van der Waals surface area contributed by atoms with Crippen LogP contribution < -0.4 is 5.32 Å². The average molecular weight is 356 g/mol. The molecule has 2 amide bonds. The quantitative estimate of drug-likeness (QED) is 0.848. The molecule has 8 nitrogen and oxygen atoms in total. The summed E-state index contributed by atoms with van der Waals surface area (Å²) in [5.41, 5.74) is 1.91. The molecule has 2 aromatic heterocycles. The third kappa shape index (κ3) is 3.89. The smallest absolute Gasteiger partial charge is 0.257 e. The van der Waals surface area contributed by atoms with Crippen LogP contribution in [0, 0.1) is 6.92 Å². The summed E-state index contributed by atoms with van der Waals surface area (Å²) in [6, 6.07) is 0. The van der Waals surface area contributed by atoms with E-state index in [1.54, 1.807) is 18.6 Å². The minimum atomic E-state index is -0.126. The normalized spacial score (nSPS) is 15.1. The first-order valence-electron chi connectivity index (χ1n) is 9.00. The first-order chi connectivity index (χ1) is 12.6. The predicted molar refractivity (Wildman–Crippen MR) is 95.9 cm³/mol. The lowest BCUT2D eigenvalue weighted by Gasteiger charge is -2.32. The zero-order valence-corrected chi connectivity index (χ0v) is 15.2. The number of amides is 2. The monoisotopic (exact) mass is 356 g/mol. The zero-order valence-electron chi connectivity index (χ0n) is 15.2. The number of H-pyrrole nitrogens is 1. The van der Waals surface area contributed by atoms with Crippen molar-refractivity contribution < 1.29 is 9.59 Å². The molecule has 0 atom stereocenters. The molecular weight excluding hydrogens is 332 g/mol. The number of hydrogen-bond donors (Lipinski definition) is 2. The van der Waals surface area contributed by atoms with Crippen LogP contribution in [0.3, 0.4) is 0 Å². The molecule has 0 radical (unpaired) electrons. The highest BCUT2D eigenvalue weighted by Gasteiger charge is 2.28. The molecule has 0 saturated carbocycles. The second kappa shape index (κ2) is 8.07. The lowest BCUT2D eigenvalue weighted by atomic mass is 9.90. The van der Waals surface area contributed by atoms with Crippen molar-refractivity contribution in [1.82, 2.24) is 30.4 Å². The maximum absolute atomic E-state index is 12.4. The Morgan fingerprint density at radius 2 is 2.08 bits per heavy atom. The minimum absolute atomic E-state index is 0.0167. The van der Waals surface area contributed by atoms with Gasteiger partial charge in [-0.3, -0.25) is 14.7 Å². The summed E-state index contributed by atoms with van der Waals surface area (Å²) in [7, 11) is 0. The van der Waals surface area contributed by atoms with Crippen molar-refractivity contribution in [2.75, 3.05) is 19.6 Å². The van der Waals surface area contributed by atoms with Gasteiger partial charge in [0.1, 0.15) is 5.82 Å². The van der Waals surface area contributed by atoms with E-state index in [4.69, 9.17) is 0 Å². The van der Waals surface area contributed by atoms with Crippen LogP contribution in [-0.2, 0) is 0 Å². The van der Waals surface area contributed by atoms with E-state index in [0.29, 0.717) is 36.6 Å². The number of piperidine rings is 1. The van der Waals surface area contributed by atoms with Crippen LogP contribution in [0.1, 0.15) is 64.3 Å². The third-order valence-electron chi connectivity index (χ3n) is 4.63. The van der Waals surface area contributed by atoms with Gasteiger partial charge in [-0.2, -0.15) is 5.10 Å². The number of aryl methyl sites for hydroxylation is 1. The van der Waals surface area contributed by atoms with E-state index >= 15 is 0 Å². The zero-order chi connectivity index (χ0) is 18.5. The Balaban J connectivity index is 1.71. The largest absolute Gasteiger partial charge is 0.352 e. The summed E-state index contributed by atoms with van der Waals surface area (Å²) >= 11 is 0. The van der Waals surface area contributed by atoms with Crippen LogP contribution in [-0.4, -0.2) is 56.5 Å². The van der Waals surface area contributed by atoms with Crippen LogP contribution >= 0.6 is 0 Å². The van der Waals surface area contributed by atoms with Gasteiger partial charge in [0, 0.05) is 37.9 Å². The van der Waals surface area contributed by atoms with Crippen molar-refractivity contribution in [1.29, 1.82) is 0 Å². The fourth-order valence-electron chi connectivity index (χ4n) is 3.21. The second-order valence-corrected chi connectivity index (χ2v) is 6.53. The molecule has 1 fully saturated rings. The van der Waals surface area contributed by atoms with Crippen LogP contribution in [0.25, 0.3) is 0 Å². The van der Waals surface area contributed by atoms with Crippen LogP contribution in [0.4, 0.5) is 0 Å². The molecule has 138 valence electrons. The van der Waals surface area contributed by atoms with Crippen molar-refractivity contribution in [3.05, 3.63) is 41.2 Å². The average Bonchev–Trinajstić information content (AvgIpc) is 3.20. The van der Waals surface area contributed by atoms with E-state index in [9.17, 15) is 9.59 Å². The Hall–Kier alpha value is -2.77. The number of rotatable bonds is 5. The van der Waals surface area contributed by atoms with Gasteiger partial charge in [-0.05, 0) is 26.2 Å². The van der Waals surface area contributed by atoms with Gasteiger partial charge in [0.05, 0.1) is 23.0 Å². The van der Waals surface area contributed by atoms with E-state index in [-0.39, 0.29) is 17.7 Å². The van der Waals surface area contributed by atoms with Gasteiger partial charge in [0.25, 0.3) is 11.8 Å². The molecule has 0 unspecified atom stereocenters. The number of nitrogens with zero attached hydrogens (tertiary/aromatic N) is 4. The van der Waals surface area contributed by atoms with Crippen molar-refractivity contribution in [2.24, 2.45) is 0 Å². The van der Waals surface area contributed by atoms with E-state index < -0.39 is 0 Å². The third-order valence-corrected chi connectivity index (χ3v) is 4.63. The summed E-state index contributed by atoms with van der Waals surface area (Å²) in [6.45, 7) is 5.74. The van der Waals surface area contributed by atoms with Gasteiger partial charge in [-0.15, -0.1) is 0 Å². The Morgan fingerprint density at radius 3 is 2.73 bits per heavy atom. The van der Waals surface area contributed by atoms with Crippen molar-refractivity contribution in [3.63, 3.8) is 0 Å². The number of aromatic nitrogens is 4. The van der Waals surface area contributed by atoms with Gasteiger partial charge < -0.3 is 10.2 Å². The number of nitrogens with one attached hydrogen (secondary N) is 2. The molecule has 3 heterocycles. The first kappa shape index (κ1) is 18.0. The molecule has 2 aromatic rings. The van der Waals surface area contributed by atoms with Gasteiger partial charge >= 0.3 is 0 Å². The van der Waals surface area contributed by atoms with Crippen LogP contribution in [0.2, 0.25) is 0 Å². The number of carbonyl (C=O) groups excluding carboxylic acids is 2. The number of likely N-dealkylation sites (tertiary alicyclic amines) is 1. The molecule has 8 heteroatoms. The summed E-state index contributed by atoms with van der Waals surface area (Å²) in [6.07, 6.45) is 7.19. The molecular formula is C18H24N6O2. The SMILES string of the molecule is CCCNC(=O)c1cnc(C)nc1C1CCN(C(=O)c2cn[nH]c2)CC1. The van der Waals surface area contributed by atoms with E-state index in [2.05, 4.69) is 25.5 Å². The lowest BCUT2D eigenvalue weighted by molar-refractivity contribution is 0.0710. The summed E-state index contributed by atoms with van der Waals surface area (Å²) in [4.78, 5) is 35.4. The first-order valence-corrected chi connectivity index (χ1v) is 9.00. The minimum Gasteiger partial charge on any atom is -0.352 e. The topological polar surface area (TPSA) is 104 Å².